The van der Waals surface area contributed by atoms with Crippen molar-refractivity contribution < 1.29 is 19.3 Å². The number of hydrogen-bond acceptors (Lipinski definition) is 7. The smallest absolute Gasteiger partial charge is 0.296 e. The minimum Gasteiger partial charge on any atom is -0.456 e. The van der Waals surface area contributed by atoms with Crippen molar-refractivity contribution >= 4 is 22.8 Å². The lowest BCUT2D eigenvalue weighted by molar-refractivity contribution is 0.00706. The van der Waals surface area contributed by atoms with Gasteiger partial charge >= 0.3 is 0 Å². The van der Waals surface area contributed by atoms with Crippen molar-refractivity contribution in [2.45, 2.75) is 24.4 Å². The van der Waals surface area contributed by atoms with Crippen molar-refractivity contribution in [2.24, 2.45) is 7.05 Å². The molecule has 0 spiro atoms. The Labute approximate surface area is 223 Å². The number of aromatic amines is 1. The Balaban J connectivity index is 1.11. The summed E-state index contributed by atoms with van der Waals surface area (Å²) < 4.78 is 19.3. The van der Waals surface area contributed by atoms with Gasteiger partial charge in [-0.25, -0.2) is 9.97 Å². The van der Waals surface area contributed by atoms with Gasteiger partial charge in [0.05, 0.1) is 29.4 Å². The lowest BCUT2D eigenvalue weighted by Crippen LogP contribution is -2.34. The van der Waals surface area contributed by atoms with Crippen LogP contribution in [0.1, 0.15) is 0 Å². The van der Waals surface area contributed by atoms with E-state index in [0.29, 0.717) is 34.5 Å². The number of pyridine rings is 1. The van der Waals surface area contributed by atoms with Gasteiger partial charge in [0, 0.05) is 30.6 Å². The summed E-state index contributed by atoms with van der Waals surface area (Å²) in [5, 5.41) is 10.5. The summed E-state index contributed by atoms with van der Waals surface area (Å²) in [5.74, 6) is 0.932. The zero-order valence-corrected chi connectivity index (χ0v) is 21.2. The van der Waals surface area contributed by atoms with Gasteiger partial charge in [0.2, 0.25) is 0 Å². The Morgan fingerprint density at radius 3 is 2.34 bits per heavy atom. The Bertz CT molecular complexity index is 1620. The molecule has 2 saturated heterocycles. The summed E-state index contributed by atoms with van der Waals surface area (Å²) in [5.41, 5.74) is 5.95. The number of aliphatic hydroxyl groups is 1. The Hall–Kier alpha value is -3.76. The zero-order chi connectivity index (χ0) is 25.8. The van der Waals surface area contributed by atoms with Crippen LogP contribution in [-0.2, 0) is 16.5 Å². The molecule has 4 atom stereocenters. The predicted molar refractivity (Wildman–Crippen MR) is 142 cm³/mol. The number of hydrogen-bond donors (Lipinski definition) is 2. The van der Waals surface area contributed by atoms with Crippen LogP contribution >= 0.6 is 11.6 Å². The molecule has 0 aliphatic carbocycles. The number of rotatable bonds is 5. The summed E-state index contributed by atoms with van der Waals surface area (Å²) >= 11 is 6.62. The van der Waals surface area contributed by atoms with Gasteiger partial charge in [-0.1, -0.05) is 60.1 Å². The number of halogens is 1. The van der Waals surface area contributed by atoms with Crippen molar-refractivity contribution in [1.82, 2.24) is 24.5 Å². The number of benzene rings is 2. The lowest BCUT2D eigenvalue weighted by atomic mass is 10.0. The largest absolute Gasteiger partial charge is 0.456 e. The van der Waals surface area contributed by atoms with Gasteiger partial charge in [0.25, 0.3) is 6.01 Å². The first-order chi connectivity index (χ1) is 18.5. The molecule has 2 unspecified atom stereocenters. The lowest BCUT2D eigenvalue weighted by Gasteiger charge is -2.15. The summed E-state index contributed by atoms with van der Waals surface area (Å²) in [6.07, 6.45) is 2.04. The molecule has 5 aromatic rings. The summed E-state index contributed by atoms with van der Waals surface area (Å²) in [6, 6.07) is 18.6. The van der Waals surface area contributed by atoms with Crippen LogP contribution in [0.5, 0.6) is 6.01 Å². The van der Waals surface area contributed by atoms with Crippen molar-refractivity contribution in [3.8, 4) is 39.8 Å². The quantitative estimate of drug-likeness (QED) is 0.350. The summed E-state index contributed by atoms with van der Waals surface area (Å²) in [7, 11) is 1.98. The summed E-state index contributed by atoms with van der Waals surface area (Å²) in [6.45, 7) is 0.561. The second-order valence-corrected chi connectivity index (χ2v) is 9.98. The monoisotopic (exact) mass is 529 g/mol. The highest BCUT2D eigenvalue weighted by atomic mass is 35.5. The average molecular weight is 530 g/mol. The molecule has 0 saturated carbocycles. The molecule has 2 aliphatic heterocycles. The molecule has 0 radical (unpaired) electrons. The molecule has 0 amide bonds. The number of H-pyrrole nitrogens is 1. The molecular weight excluding hydrogens is 506 g/mol. The maximum Gasteiger partial charge on any atom is 0.296 e. The van der Waals surface area contributed by atoms with E-state index in [1.54, 1.807) is 12.3 Å². The molecule has 0 bridgehead atoms. The van der Waals surface area contributed by atoms with Gasteiger partial charge in [0.1, 0.15) is 24.1 Å². The number of aliphatic hydroxyl groups excluding tert-OH is 1. The topological polar surface area (TPSA) is 107 Å². The fourth-order valence-electron chi connectivity index (χ4n) is 5.12. The Kier molecular flexibility index (Phi) is 5.66. The first-order valence-corrected chi connectivity index (χ1v) is 12.7. The standard InChI is InChI=1S/C28H24ClN5O4/c1-34-11-10-30-27(34)18-8-4-16(5-9-18)15-2-6-17(7-3-15)23-19(29)12-20-26(32-23)33-28(31-20)38-22-14-37-24-21(35)13-36-25(22)24/h2-12,21-22,24-25,35H,13-14H2,1H3,(H,31,32,33)/t21-,22-,24?,25?/m1/s1. The number of aromatic nitrogens is 5. The van der Waals surface area contributed by atoms with E-state index in [1.165, 1.54) is 0 Å². The van der Waals surface area contributed by atoms with Gasteiger partial charge in [-0.2, -0.15) is 4.98 Å². The van der Waals surface area contributed by atoms with Crippen LogP contribution in [0.15, 0.2) is 67.0 Å². The summed E-state index contributed by atoms with van der Waals surface area (Å²) in [4.78, 5) is 16.7. The van der Waals surface area contributed by atoms with Crippen molar-refractivity contribution in [1.29, 1.82) is 0 Å². The molecule has 2 fully saturated rings. The van der Waals surface area contributed by atoms with Crippen molar-refractivity contribution in [2.75, 3.05) is 13.2 Å². The number of imidazole rings is 2. The number of aryl methyl sites for hydroxylation is 1. The van der Waals surface area contributed by atoms with E-state index < -0.39 is 6.10 Å². The molecule has 38 heavy (non-hydrogen) atoms. The van der Waals surface area contributed by atoms with Crippen LogP contribution in [0.4, 0.5) is 0 Å². The van der Waals surface area contributed by atoms with Gasteiger partial charge in [0.15, 0.2) is 11.8 Å². The normalized spacial score (nSPS) is 22.7. The van der Waals surface area contributed by atoms with E-state index in [9.17, 15) is 5.11 Å². The minimum absolute atomic E-state index is 0.241. The molecule has 2 aromatic carbocycles. The van der Waals surface area contributed by atoms with Crippen LogP contribution in [0.25, 0.3) is 44.9 Å². The third-order valence-electron chi connectivity index (χ3n) is 7.11. The molecule has 192 valence electrons. The van der Waals surface area contributed by atoms with Crippen molar-refractivity contribution in [3.05, 3.63) is 72.0 Å². The zero-order valence-electron chi connectivity index (χ0n) is 20.4. The van der Waals surface area contributed by atoms with Crippen LogP contribution < -0.4 is 4.74 Å². The van der Waals surface area contributed by atoms with Crippen LogP contribution in [-0.4, -0.2) is 67.2 Å². The first kappa shape index (κ1) is 23.4. The highest BCUT2D eigenvalue weighted by Gasteiger charge is 2.48. The van der Waals surface area contributed by atoms with E-state index in [-0.39, 0.29) is 24.9 Å². The van der Waals surface area contributed by atoms with Crippen LogP contribution in [0, 0.1) is 0 Å². The minimum atomic E-state index is -0.635. The second kappa shape index (κ2) is 9.21. The molecule has 2 aliphatic rings. The van der Waals surface area contributed by atoms with E-state index in [1.807, 2.05) is 29.9 Å². The number of ether oxygens (including phenoxy) is 3. The van der Waals surface area contributed by atoms with Gasteiger partial charge in [-0.05, 0) is 17.2 Å². The highest BCUT2D eigenvalue weighted by molar-refractivity contribution is 6.33. The number of fused-ring (bicyclic) bond motifs is 2. The molecule has 2 N–H and O–H groups in total. The van der Waals surface area contributed by atoms with Gasteiger partial charge < -0.3 is 28.9 Å². The van der Waals surface area contributed by atoms with E-state index in [4.69, 9.17) is 30.8 Å². The maximum absolute atomic E-state index is 9.95. The number of nitrogens with zero attached hydrogens (tertiary/aromatic N) is 4. The molecule has 10 heteroatoms. The second-order valence-electron chi connectivity index (χ2n) is 9.57. The van der Waals surface area contributed by atoms with Crippen LogP contribution in [0.3, 0.4) is 0 Å². The van der Waals surface area contributed by atoms with Crippen LogP contribution in [0.2, 0.25) is 5.02 Å². The highest BCUT2D eigenvalue weighted by Crippen LogP contribution is 2.33. The fraction of sp³-hybridized carbons (Fsp3) is 0.250. The van der Waals surface area contributed by atoms with Gasteiger partial charge in [-0.15, -0.1) is 0 Å². The predicted octanol–water partition coefficient (Wildman–Crippen LogP) is 4.25. The third kappa shape index (κ3) is 4.04. The number of nitrogens with one attached hydrogen (secondary N) is 1. The molecule has 3 aromatic heterocycles. The maximum atomic E-state index is 9.95. The Morgan fingerprint density at radius 1 is 0.947 bits per heavy atom. The molecular formula is C28H24ClN5O4. The molecule has 5 heterocycles. The Morgan fingerprint density at radius 2 is 1.63 bits per heavy atom. The van der Waals surface area contributed by atoms with E-state index in [0.717, 1.165) is 28.1 Å². The van der Waals surface area contributed by atoms with Gasteiger partial charge in [-0.3, -0.25) is 0 Å². The molecule has 9 nitrogen and oxygen atoms in total. The SMILES string of the molecule is Cn1ccnc1-c1ccc(-c2ccc(-c3nc4nc(O[C@@H]5COC6C5OC[C@H]6O)[nH]c4cc3Cl)cc2)cc1. The molecule has 7 rings (SSSR count). The van der Waals surface area contributed by atoms with E-state index >= 15 is 0 Å². The van der Waals surface area contributed by atoms with Crippen molar-refractivity contribution in [3.63, 3.8) is 0 Å². The van der Waals surface area contributed by atoms with E-state index in [2.05, 4.69) is 51.4 Å². The first-order valence-electron chi connectivity index (χ1n) is 12.4. The third-order valence-corrected chi connectivity index (χ3v) is 7.39. The fourth-order valence-corrected chi connectivity index (χ4v) is 5.38. The average Bonchev–Trinajstić information content (AvgIpc) is 3.71.